The van der Waals surface area contributed by atoms with Crippen LogP contribution in [0.25, 0.3) is 0 Å². The first-order valence-corrected chi connectivity index (χ1v) is 7.60. The lowest BCUT2D eigenvalue weighted by atomic mass is 10.2. The molecule has 1 aromatic carbocycles. The predicted molar refractivity (Wildman–Crippen MR) is 84.1 cm³/mol. The lowest BCUT2D eigenvalue weighted by Gasteiger charge is -2.36. The van der Waals surface area contributed by atoms with E-state index in [0.29, 0.717) is 19.8 Å². The summed E-state index contributed by atoms with van der Waals surface area (Å²) in [6.45, 7) is 7.61. The van der Waals surface area contributed by atoms with Crippen molar-refractivity contribution in [2.24, 2.45) is 0 Å². The van der Waals surface area contributed by atoms with Crippen molar-refractivity contribution >= 4 is 5.69 Å². The Kier molecular flexibility index (Phi) is 6.29. The summed E-state index contributed by atoms with van der Waals surface area (Å²) in [4.78, 5) is 4.66. The first kappa shape index (κ1) is 16.1. The Morgan fingerprint density at radius 3 is 2.38 bits per heavy atom. The molecule has 1 unspecified atom stereocenters. The molecule has 1 saturated heterocycles. The highest BCUT2D eigenvalue weighted by Crippen LogP contribution is 2.20. The van der Waals surface area contributed by atoms with E-state index in [0.717, 1.165) is 31.9 Å². The number of piperazine rings is 1. The van der Waals surface area contributed by atoms with Gasteiger partial charge < -0.3 is 19.5 Å². The zero-order chi connectivity index (χ0) is 15.1. The van der Waals surface area contributed by atoms with Crippen molar-refractivity contribution in [1.29, 1.82) is 0 Å². The largest absolute Gasteiger partial charge is 0.497 e. The zero-order valence-corrected chi connectivity index (χ0v) is 13.0. The molecule has 1 fully saturated rings. The van der Waals surface area contributed by atoms with E-state index in [1.165, 1.54) is 5.69 Å². The summed E-state index contributed by atoms with van der Waals surface area (Å²) in [6, 6.07) is 8.18. The molecule has 0 saturated carbocycles. The third kappa shape index (κ3) is 4.88. The van der Waals surface area contributed by atoms with Crippen LogP contribution in [0.3, 0.4) is 0 Å². The summed E-state index contributed by atoms with van der Waals surface area (Å²) in [5.41, 5.74) is 1.23. The second kappa shape index (κ2) is 8.22. The van der Waals surface area contributed by atoms with E-state index in [1.54, 1.807) is 7.11 Å². The maximum Gasteiger partial charge on any atom is 0.119 e. The van der Waals surface area contributed by atoms with E-state index in [1.807, 2.05) is 19.1 Å². The van der Waals surface area contributed by atoms with Crippen LogP contribution in [-0.4, -0.2) is 69.2 Å². The Labute approximate surface area is 127 Å². The number of benzene rings is 1. The summed E-state index contributed by atoms with van der Waals surface area (Å²) < 4.78 is 10.4. The molecule has 0 aliphatic carbocycles. The quantitative estimate of drug-likeness (QED) is 0.819. The molecule has 5 nitrogen and oxygen atoms in total. The molecule has 1 aliphatic rings. The summed E-state index contributed by atoms with van der Waals surface area (Å²) in [5, 5.41) is 9.88. The second-order valence-electron chi connectivity index (χ2n) is 5.30. The van der Waals surface area contributed by atoms with Crippen LogP contribution >= 0.6 is 0 Å². The van der Waals surface area contributed by atoms with Gasteiger partial charge in [-0.05, 0) is 31.2 Å². The number of nitrogens with zero attached hydrogens (tertiary/aromatic N) is 2. The fourth-order valence-electron chi connectivity index (χ4n) is 2.59. The van der Waals surface area contributed by atoms with Crippen LogP contribution in [-0.2, 0) is 4.74 Å². The third-order valence-corrected chi connectivity index (χ3v) is 3.79. The molecule has 0 radical (unpaired) electrons. The van der Waals surface area contributed by atoms with Gasteiger partial charge in [0.1, 0.15) is 5.75 Å². The zero-order valence-electron chi connectivity index (χ0n) is 13.0. The van der Waals surface area contributed by atoms with Crippen molar-refractivity contribution < 1.29 is 14.6 Å². The number of aliphatic hydroxyl groups excluding tert-OH is 1. The van der Waals surface area contributed by atoms with Crippen molar-refractivity contribution in [3.05, 3.63) is 24.3 Å². The van der Waals surface area contributed by atoms with E-state index in [4.69, 9.17) is 9.47 Å². The smallest absolute Gasteiger partial charge is 0.119 e. The number of methoxy groups -OCH3 is 1. The fourth-order valence-corrected chi connectivity index (χ4v) is 2.59. The minimum absolute atomic E-state index is 0.391. The third-order valence-electron chi connectivity index (χ3n) is 3.79. The number of hydrogen-bond donors (Lipinski definition) is 1. The number of rotatable bonds is 7. The maximum absolute atomic E-state index is 9.88. The summed E-state index contributed by atoms with van der Waals surface area (Å²) in [5.74, 6) is 0.886. The number of ether oxygens (including phenoxy) is 2. The van der Waals surface area contributed by atoms with Gasteiger partial charge in [-0.15, -0.1) is 0 Å². The summed E-state index contributed by atoms with van der Waals surface area (Å²) >= 11 is 0. The Morgan fingerprint density at radius 1 is 1.14 bits per heavy atom. The van der Waals surface area contributed by atoms with Crippen molar-refractivity contribution in [2.75, 3.05) is 57.9 Å². The number of hydrogen-bond acceptors (Lipinski definition) is 5. The molecule has 0 aromatic heterocycles. The molecular formula is C16H26N2O3. The molecule has 21 heavy (non-hydrogen) atoms. The van der Waals surface area contributed by atoms with Gasteiger partial charge >= 0.3 is 0 Å². The SMILES string of the molecule is CCOCC(O)CN1CCN(c2ccc(OC)cc2)CC1. The highest BCUT2D eigenvalue weighted by atomic mass is 16.5. The van der Waals surface area contributed by atoms with Gasteiger partial charge in [-0.2, -0.15) is 0 Å². The van der Waals surface area contributed by atoms with Gasteiger partial charge in [0.25, 0.3) is 0 Å². The molecule has 1 N–H and O–H groups in total. The van der Waals surface area contributed by atoms with E-state index in [2.05, 4.69) is 21.9 Å². The highest BCUT2D eigenvalue weighted by molar-refractivity contribution is 5.49. The van der Waals surface area contributed by atoms with Crippen LogP contribution in [0.15, 0.2) is 24.3 Å². The number of β-amino-alcohol motifs (C(OH)–C–C–N with tert-alkyl or cyclic N) is 1. The molecular weight excluding hydrogens is 268 g/mol. The normalized spacial score (nSPS) is 17.8. The average Bonchev–Trinajstić information content (AvgIpc) is 2.54. The standard InChI is InChI=1S/C16H26N2O3/c1-3-21-13-15(19)12-17-8-10-18(11-9-17)14-4-6-16(20-2)7-5-14/h4-7,15,19H,3,8-13H2,1-2H3. The van der Waals surface area contributed by atoms with Crippen LogP contribution in [0.2, 0.25) is 0 Å². The van der Waals surface area contributed by atoms with Gasteiger partial charge in [0.15, 0.2) is 0 Å². The highest BCUT2D eigenvalue weighted by Gasteiger charge is 2.19. The van der Waals surface area contributed by atoms with Crippen LogP contribution < -0.4 is 9.64 Å². The second-order valence-corrected chi connectivity index (χ2v) is 5.30. The first-order valence-electron chi connectivity index (χ1n) is 7.60. The molecule has 0 bridgehead atoms. The molecule has 5 heteroatoms. The van der Waals surface area contributed by atoms with Crippen LogP contribution in [0.1, 0.15) is 6.92 Å². The van der Waals surface area contributed by atoms with Crippen LogP contribution in [0.5, 0.6) is 5.75 Å². The van der Waals surface area contributed by atoms with E-state index < -0.39 is 6.10 Å². The molecule has 0 amide bonds. The van der Waals surface area contributed by atoms with Gasteiger partial charge in [-0.3, -0.25) is 4.90 Å². The number of anilines is 1. The molecule has 1 aliphatic heterocycles. The van der Waals surface area contributed by atoms with Crippen molar-refractivity contribution in [1.82, 2.24) is 4.90 Å². The first-order chi connectivity index (χ1) is 10.2. The van der Waals surface area contributed by atoms with E-state index in [-0.39, 0.29) is 0 Å². The number of aliphatic hydroxyl groups is 1. The topological polar surface area (TPSA) is 45.2 Å². The van der Waals surface area contributed by atoms with Crippen LogP contribution in [0, 0.1) is 0 Å². The van der Waals surface area contributed by atoms with Gasteiger partial charge in [0.2, 0.25) is 0 Å². The molecule has 1 aromatic rings. The van der Waals surface area contributed by atoms with Gasteiger partial charge in [-0.1, -0.05) is 0 Å². The molecule has 2 rings (SSSR count). The molecule has 0 spiro atoms. The van der Waals surface area contributed by atoms with E-state index >= 15 is 0 Å². The Morgan fingerprint density at radius 2 is 1.81 bits per heavy atom. The molecule has 1 heterocycles. The van der Waals surface area contributed by atoms with Crippen molar-refractivity contribution in [3.8, 4) is 5.75 Å². The minimum atomic E-state index is -0.391. The van der Waals surface area contributed by atoms with Crippen molar-refractivity contribution in [3.63, 3.8) is 0 Å². The Hall–Kier alpha value is -1.30. The van der Waals surface area contributed by atoms with Gasteiger partial charge in [0, 0.05) is 45.0 Å². The van der Waals surface area contributed by atoms with Crippen LogP contribution in [0.4, 0.5) is 5.69 Å². The predicted octanol–water partition coefficient (Wildman–Crippen LogP) is 1.21. The lowest BCUT2D eigenvalue weighted by Crippen LogP contribution is -2.49. The monoisotopic (exact) mass is 294 g/mol. The average molecular weight is 294 g/mol. The fraction of sp³-hybridized carbons (Fsp3) is 0.625. The lowest BCUT2D eigenvalue weighted by molar-refractivity contribution is 0.0202. The van der Waals surface area contributed by atoms with Gasteiger partial charge in [-0.25, -0.2) is 0 Å². The minimum Gasteiger partial charge on any atom is -0.497 e. The van der Waals surface area contributed by atoms with Gasteiger partial charge in [0.05, 0.1) is 19.8 Å². The van der Waals surface area contributed by atoms with Crippen molar-refractivity contribution in [2.45, 2.75) is 13.0 Å². The summed E-state index contributed by atoms with van der Waals surface area (Å²) in [7, 11) is 1.68. The Balaban J connectivity index is 1.77. The molecule has 118 valence electrons. The molecule has 1 atom stereocenters. The summed E-state index contributed by atoms with van der Waals surface area (Å²) in [6.07, 6.45) is -0.391. The van der Waals surface area contributed by atoms with E-state index in [9.17, 15) is 5.11 Å². The Bertz CT molecular complexity index is 402. The maximum atomic E-state index is 9.88.